The van der Waals surface area contributed by atoms with Crippen molar-refractivity contribution < 1.29 is 19.1 Å². The van der Waals surface area contributed by atoms with E-state index < -0.39 is 12.1 Å². The van der Waals surface area contributed by atoms with Gasteiger partial charge in [0.25, 0.3) is 5.91 Å². The number of carbonyl (C=O) groups is 2. The van der Waals surface area contributed by atoms with Crippen LogP contribution >= 0.6 is 0 Å². The predicted molar refractivity (Wildman–Crippen MR) is 110 cm³/mol. The van der Waals surface area contributed by atoms with Gasteiger partial charge in [-0.05, 0) is 61.9 Å². The van der Waals surface area contributed by atoms with Gasteiger partial charge in [-0.3, -0.25) is 4.79 Å². The number of nitrogens with one attached hydrogen (secondary N) is 1. The Morgan fingerprint density at radius 1 is 1.14 bits per heavy atom. The molecule has 1 aliphatic carbocycles. The van der Waals surface area contributed by atoms with Crippen molar-refractivity contribution in [2.75, 3.05) is 13.7 Å². The highest BCUT2D eigenvalue weighted by Crippen LogP contribution is 2.27. The molecule has 5 nitrogen and oxygen atoms in total. The molecule has 0 radical (unpaired) electrons. The van der Waals surface area contributed by atoms with Gasteiger partial charge in [0.2, 0.25) is 0 Å². The molecule has 1 N–H and O–H groups in total. The monoisotopic (exact) mass is 381 g/mol. The normalized spacial score (nSPS) is 14.9. The maximum Gasteiger partial charge on any atom is 0.342 e. The summed E-state index contributed by atoms with van der Waals surface area (Å²) in [5, 5.41) is 4.74. The first-order valence-electron chi connectivity index (χ1n) is 9.82. The maximum atomic E-state index is 12.6. The van der Waals surface area contributed by atoms with E-state index in [1.165, 1.54) is 25.5 Å². The quantitative estimate of drug-likeness (QED) is 0.570. The second-order valence-corrected chi connectivity index (χ2v) is 7.10. The molecule has 1 aliphatic rings. The van der Waals surface area contributed by atoms with Crippen LogP contribution in [-0.2, 0) is 9.53 Å². The number of ether oxygens (including phenoxy) is 2. The molecule has 3 rings (SSSR count). The minimum atomic E-state index is -0.871. The third-order valence-corrected chi connectivity index (χ3v) is 5.07. The van der Waals surface area contributed by atoms with Gasteiger partial charge in [0.1, 0.15) is 11.3 Å². The lowest BCUT2D eigenvalue weighted by atomic mass is 9.97. The van der Waals surface area contributed by atoms with Gasteiger partial charge in [0, 0.05) is 6.54 Å². The molecule has 0 spiro atoms. The standard InChI is InChI=1S/C23H27NO4/c1-16(22(25)24-13-12-17-8-4-3-5-9-17)28-23(26)20-14-18-10-6-7-11-19(18)15-21(20)27-2/h6-8,10-11,14-16H,3-5,9,12-13H2,1-2H3,(H,24,25)/t16-/m1/s1. The van der Waals surface area contributed by atoms with Crippen molar-refractivity contribution in [2.24, 2.45) is 0 Å². The summed E-state index contributed by atoms with van der Waals surface area (Å²) in [6.07, 6.45) is 6.97. The third kappa shape index (κ3) is 4.91. The fourth-order valence-electron chi connectivity index (χ4n) is 3.45. The van der Waals surface area contributed by atoms with Crippen molar-refractivity contribution in [3.63, 3.8) is 0 Å². The molecular weight excluding hydrogens is 354 g/mol. The van der Waals surface area contributed by atoms with E-state index in [4.69, 9.17) is 9.47 Å². The largest absolute Gasteiger partial charge is 0.496 e. The Kier molecular flexibility index (Phi) is 6.69. The molecule has 0 aromatic heterocycles. The minimum absolute atomic E-state index is 0.287. The summed E-state index contributed by atoms with van der Waals surface area (Å²) < 4.78 is 10.7. The van der Waals surface area contributed by atoms with Crippen LogP contribution < -0.4 is 10.1 Å². The van der Waals surface area contributed by atoms with Crippen molar-refractivity contribution in [2.45, 2.75) is 45.1 Å². The smallest absolute Gasteiger partial charge is 0.342 e. The molecule has 0 saturated carbocycles. The highest BCUT2D eigenvalue weighted by atomic mass is 16.5. The van der Waals surface area contributed by atoms with Gasteiger partial charge in [-0.15, -0.1) is 0 Å². The van der Waals surface area contributed by atoms with E-state index in [-0.39, 0.29) is 5.91 Å². The van der Waals surface area contributed by atoms with E-state index in [2.05, 4.69) is 11.4 Å². The van der Waals surface area contributed by atoms with E-state index in [1.807, 2.05) is 24.3 Å². The number of hydrogen-bond acceptors (Lipinski definition) is 4. The highest BCUT2D eigenvalue weighted by Gasteiger charge is 2.21. The van der Waals surface area contributed by atoms with Crippen molar-refractivity contribution >= 4 is 22.6 Å². The summed E-state index contributed by atoms with van der Waals surface area (Å²) in [7, 11) is 1.51. The number of hydrogen-bond donors (Lipinski definition) is 1. The Bertz CT molecular complexity index is 887. The molecule has 0 bridgehead atoms. The zero-order valence-electron chi connectivity index (χ0n) is 16.5. The molecule has 0 aliphatic heterocycles. The Balaban J connectivity index is 1.59. The predicted octanol–water partition coefficient (Wildman–Crippen LogP) is 4.40. The summed E-state index contributed by atoms with van der Waals surface area (Å²) in [5.74, 6) is -0.426. The van der Waals surface area contributed by atoms with Crippen LogP contribution in [-0.4, -0.2) is 31.6 Å². The van der Waals surface area contributed by atoms with Crippen molar-refractivity contribution in [3.8, 4) is 5.75 Å². The molecule has 0 heterocycles. The van der Waals surface area contributed by atoms with Crippen molar-refractivity contribution in [1.29, 1.82) is 0 Å². The first-order chi connectivity index (χ1) is 13.6. The summed E-state index contributed by atoms with van der Waals surface area (Å²) in [6.45, 7) is 2.15. The van der Waals surface area contributed by atoms with Gasteiger partial charge >= 0.3 is 5.97 Å². The lowest BCUT2D eigenvalue weighted by molar-refractivity contribution is -0.129. The molecule has 2 aromatic carbocycles. The van der Waals surface area contributed by atoms with E-state index in [9.17, 15) is 9.59 Å². The zero-order chi connectivity index (χ0) is 19.9. The SMILES string of the molecule is COc1cc2ccccc2cc1C(=O)O[C@H](C)C(=O)NCCC1=CCCCC1. The highest BCUT2D eigenvalue weighted by molar-refractivity contribution is 5.99. The number of benzene rings is 2. The van der Waals surface area contributed by atoms with E-state index in [1.54, 1.807) is 19.1 Å². The number of methoxy groups -OCH3 is 1. The third-order valence-electron chi connectivity index (χ3n) is 5.07. The number of rotatable bonds is 7. The van der Waals surface area contributed by atoms with Gasteiger partial charge < -0.3 is 14.8 Å². The van der Waals surface area contributed by atoms with Crippen LogP contribution in [0.25, 0.3) is 10.8 Å². The summed E-state index contributed by atoms with van der Waals surface area (Å²) in [5.41, 5.74) is 1.71. The molecule has 1 atom stereocenters. The van der Waals surface area contributed by atoms with Crippen molar-refractivity contribution in [1.82, 2.24) is 5.32 Å². The van der Waals surface area contributed by atoms with Crippen LogP contribution in [0.3, 0.4) is 0 Å². The van der Waals surface area contributed by atoms with Crippen LogP contribution in [0.4, 0.5) is 0 Å². The fourth-order valence-corrected chi connectivity index (χ4v) is 3.45. The summed E-state index contributed by atoms with van der Waals surface area (Å²) in [4.78, 5) is 24.9. The second kappa shape index (κ2) is 9.40. The van der Waals surface area contributed by atoms with Crippen LogP contribution in [0.1, 0.15) is 49.4 Å². The molecule has 0 unspecified atom stereocenters. The first kappa shape index (κ1) is 19.9. The molecule has 148 valence electrons. The molecule has 5 heteroatoms. The Morgan fingerprint density at radius 2 is 1.89 bits per heavy atom. The molecule has 0 saturated heterocycles. The number of esters is 1. The first-order valence-corrected chi connectivity index (χ1v) is 9.82. The van der Waals surface area contributed by atoms with Gasteiger partial charge in [0.15, 0.2) is 6.10 Å². The van der Waals surface area contributed by atoms with Gasteiger partial charge in [-0.1, -0.05) is 35.9 Å². The Morgan fingerprint density at radius 3 is 2.57 bits per heavy atom. The van der Waals surface area contributed by atoms with Gasteiger partial charge in [-0.2, -0.15) is 0 Å². The molecule has 1 amide bonds. The average Bonchev–Trinajstić information content (AvgIpc) is 2.73. The summed E-state index contributed by atoms with van der Waals surface area (Å²) >= 11 is 0. The van der Waals surface area contributed by atoms with Crippen LogP contribution in [0.5, 0.6) is 5.75 Å². The number of amides is 1. The molecular formula is C23H27NO4. The minimum Gasteiger partial charge on any atom is -0.496 e. The van der Waals surface area contributed by atoms with E-state index >= 15 is 0 Å². The fraction of sp³-hybridized carbons (Fsp3) is 0.391. The number of fused-ring (bicyclic) bond motifs is 1. The molecule has 28 heavy (non-hydrogen) atoms. The topological polar surface area (TPSA) is 64.6 Å². The second-order valence-electron chi connectivity index (χ2n) is 7.10. The van der Waals surface area contributed by atoms with Crippen LogP contribution in [0, 0.1) is 0 Å². The average molecular weight is 381 g/mol. The van der Waals surface area contributed by atoms with Gasteiger partial charge in [-0.25, -0.2) is 4.79 Å². The van der Waals surface area contributed by atoms with Gasteiger partial charge in [0.05, 0.1) is 7.11 Å². The Labute approximate surface area is 165 Å². The Hall–Kier alpha value is -2.82. The van der Waals surface area contributed by atoms with Crippen molar-refractivity contribution in [3.05, 3.63) is 53.6 Å². The number of allylic oxidation sites excluding steroid dienone is 1. The summed E-state index contributed by atoms with van der Waals surface area (Å²) in [6, 6.07) is 11.2. The maximum absolute atomic E-state index is 12.6. The number of carbonyl (C=O) groups excluding carboxylic acids is 2. The van der Waals surface area contributed by atoms with E-state index in [0.717, 1.165) is 30.0 Å². The molecule has 2 aromatic rings. The lowest BCUT2D eigenvalue weighted by Gasteiger charge is -2.16. The van der Waals surface area contributed by atoms with E-state index in [0.29, 0.717) is 17.9 Å². The van der Waals surface area contributed by atoms with Crippen LogP contribution in [0.2, 0.25) is 0 Å². The molecule has 0 fully saturated rings. The van der Waals surface area contributed by atoms with Crippen LogP contribution in [0.15, 0.2) is 48.0 Å². The lowest BCUT2D eigenvalue weighted by Crippen LogP contribution is -2.36. The zero-order valence-corrected chi connectivity index (χ0v) is 16.5.